The summed E-state index contributed by atoms with van der Waals surface area (Å²) in [6.45, 7) is 0. The van der Waals surface area contributed by atoms with Crippen molar-refractivity contribution in [1.29, 1.82) is 0 Å². The van der Waals surface area contributed by atoms with Crippen LogP contribution in [0.2, 0.25) is 0 Å². The zero-order chi connectivity index (χ0) is 22.1. The van der Waals surface area contributed by atoms with Gasteiger partial charge in [0.05, 0.1) is 17.2 Å². The Labute approximate surface area is 165 Å². The monoisotopic (exact) mass is 434 g/mol. The summed E-state index contributed by atoms with van der Waals surface area (Å²) >= 11 is 0. The molecule has 0 spiro atoms. The maximum Gasteiger partial charge on any atom is 0.416 e. The highest BCUT2D eigenvalue weighted by Crippen LogP contribution is 2.40. The lowest BCUT2D eigenvalue weighted by molar-refractivity contribution is -0.162. The predicted octanol–water partition coefficient (Wildman–Crippen LogP) is 4.56. The summed E-state index contributed by atoms with van der Waals surface area (Å²) < 4.78 is 88.2. The molecule has 3 amide bonds. The number of hydrogen-bond acceptors (Lipinski definition) is 4. The minimum absolute atomic E-state index is 0.0458. The van der Waals surface area contributed by atoms with E-state index < -0.39 is 42.0 Å². The molecule has 0 fully saturated rings. The largest absolute Gasteiger partial charge is 0.458 e. The van der Waals surface area contributed by atoms with Crippen LogP contribution in [0.15, 0.2) is 54.1 Å². The van der Waals surface area contributed by atoms with Gasteiger partial charge in [0, 0.05) is 18.2 Å². The van der Waals surface area contributed by atoms with E-state index in [9.17, 15) is 35.9 Å². The van der Waals surface area contributed by atoms with Crippen molar-refractivity contribution in [1.82, 2.24) is 5.32 Å². The number of fused-ring (bicyclic) bond motifs is 1. The highest BCUT2D eigenvalue weighted by atomic mass is 19.4. The molecule has 2 aliphatic rings. The molecule has 6 nitrogen and oxygen atoms in total. The standard InChI is InChI=1S/C18H12F6N2O4/c19-17(20,21)10-5-11(18(22,23)24)7-12(6-10)25-16(28)26(9-27)13-1-2-14-15(8-13)30-4-3-29-14/h1-6,8-9,11H,7H2,(H,25,28). The molecule has 30 heavy (non-hydrogen) atoms. The number of imide groups is 1. The number of allylic oxidation sites excluding steroid dienone is 4. The molecule has 1 aliphatic carbocycles. The van der Waals surface area contributed by atoms with E-state index in [4.69, 9.17) is 9.47 Å². The molecular formula is C18H12F6N2O4. The summed E-state index contributed by atoms with van der Waals surface area (Å²) in [5.41, 5.74) is -2.23. The summed E-state index contributed by atoms with van der Waals surface area (Å²) in [5.74, 6) is -2.03. The lowest BCUT2D eigenvalue weighted by Crippen LogP contribution is -2.40. The number of nitrogens with one attached hydrogen (secondary N) is 1. The van der Waals surface area contributed by atoms with Gasteiger partial charge in [0.1, 0.15) is 12.5 Å². The van der Waals surface area contributed by atoms with Gasteiger partial charge in [-0.1, -0.05) is 6.08 Å². The molecule has 12 heteroatoms. The highest BCUT2D eigenvalue weighted by molar-refractivity contribution is 6.06. The number of alkyl halides is 6. The fourth-order valence-corrected chi connectivity index (χ4v) is 2.74. The zero-order valence-electron chi connectivity index (χ0n) is 14.8. The third-order valence-electron chi connectivity index (χ3n) is 4.14. The molecule has 3 rings (SSSR count). The number of anilines is 1. The molecule has 1 unspecified atom stereocenters. The Balaban J connectivity index is 1.83. The van der Waals surface area contributed by atoms with Crippen molar-refractivity contribution < 1.29 is 45.4 Å². The number of rotatable bonds is 3. The van der Waals surface area contributed by atoms with Gasteiger partial charge in [-0.15, -0.1) is 0 Å². The molecule has 1 atom stereocenters. The molecule has 160 valence electrons. The van der Waals surface area contributed by atoms with E-state index in [1.165, 1.54) is 30.7 Å². The van der Waals surface area contributed by atoms with Crippen molar-refractivity contribution in [3.8, 4) is 11.5 Å². The molecule has 0 aromatic heterocycles. The van der Waals surface area contributed by atoms with Gasteiger partial charge in [-0.3, -0.25) is 4.79 Å². The van der Waals surface area contributed by atoms with Gasteiger partial charge in [-0.05, 0) is 18.2 Å². The number of urea groups is 1. The van der Waals surface area contributed by atoms with Crippen LogP contribution >= 0.6 is 0 Å². The maximum atomic E-state index is 13.0. The SMILES string of the molecule is O=CN(C(=O)NC1=CC(C(F)(F)F)=CC(C(F)(F)F)C1)c1ccc2c(c1)OC=CO2. The number of halogens is 6. The first kappa shape index (κ1) is 21.3. The number of benzene rings is 1. The molecule has 1 aliphatic heterocycles. The topological polar surface area (TPSA) is 67.9 Å². The van der Waals surface area contributed by atoms with Gasteiger partial charge >= 0.3 is 18.4 Å². The average Bonchev–Trinajstić information content (AvgIpc) is 2.67. The molecule has 1 heterocycles. The molecule has 0 saturated carbocycles. The van der Waals surface area contributed by atoms with Crippen molar-refractivity contribution in [2.45, 2.75) is 18.8 Å². The van der Waals surface area contributed by atoms with Gasteiger partial charge < -0.3 is 14.8 Å². The van der Waals surface area contributed by atoms with Crippen molar-refractivity contribution in [2.75, 3.05) is 4.90 Å². The number of hydrogen-bond donors (Lipinski definition) is 1. The van der Waals surface area contributed by atoms with Crippen molar-refractivity contribution >= 4 is 18.1 Å². The first-order chi connectivity index (χ1) is 14.0. The van der Waals surface area contributed by atoms with Gasteiger partial charge in [-0.2, -0.15) is 26.3 Å². The predicted molar refractivity (Wildman–Crippen MR) is 90.3 cm³/mol. The third-order valence-corrected chi connectivity index (χ3v) is 4.14. The second kappa shape index (κ2) is 7.76. The maximum absolute atomic E-state index is 13.0. The summed E-state index contributed by atoms with van der Waals surface area (Å²) in [6, 6.07) is 2.64. The first-order valence-corrected chi connectivity index (χ1v) is 8.23. The van der Waals surface area contributed by atoms with E-state index >= 15 is 0 Å². The summed E-state index contributed by atoms with van der Waals surface area (Å²) in [7, 11) is 0. The number of carbonyl (C=O) groups is 2. The molecule has 1 aromatic carbocycles. The lowest BCUT2D eigenvalue weighted by Gasteiger charge is -2.26. The van der Waals surface area contributed by atoms with Crippen LogP contribution in [0.1, 0.15) is 6.42 Å². The molecule has 1 N–H and O–H groups in total. The van der Waals surface area contributed by atoms with Gasteiger partial charge in [-0.25, -0.2) is 9.69 Å². The second-order valence-corrected chi connectivity index (χ2v) is 6.19. The van der Waals surface area contributed by atoms with Crippen molar-refractivity contribution in [3.63, 3.8) is 0 Å². The van der Waals surface area contributed by atoms with Crippen LogP contribution < -0.4 is 19.7 Å². The Morgan fingerprint density at radius 2 is 1.77 bits per heavy atom. The highest BCUT2D eigenvalue weighted by Gasteiger charge is 2.44. The Morgan fingerprint density at radius 3 is 2.37 bits per heavy atom. The molecule has 0 bridgehead atoms. The second-order valence-electron chi connectivity index (χ2n) is 6.19. The van der Waals surface area contributed by atoms with Gasteiger partial charge in [0.15, 0.2) is 11.5 Å². The van der Waals surface area contributed by atoms with Gasteiger partial charge in [0.2, 0.25) is 6.41 Å². The molecule has 0 saturated heterocycles. The van der Waals surface area contributed by atoms with Crippen molar-refractivity contribution in [3.05, 3.63) is 54.1 Å². The Bertz CT molecular complexity index is 949. The van der Waals surface area contributed by atoms with E-state index in [-0.39, 0.29) is 29.7 Å². The minimum atomic E-state index is -5.05. The number of ether oxygens (including phenoxy) is 2. The van der Waals surface area contributed by atoms with Crippen LogP contribution in [0.5, 0.6) is 11.5 Å². The van der Waals surface area contributed by atoms with E-state index in [0.29, 0.717) is 11.0 Å². The summed E-state index contributed by atoms with van der Waals surface area (Å²) in [5, 5.41) is 1.94. The van der Waals surface area contributed by atoms with E-state index in [2.05, 4.69) is 0 Å². The normalized spacial score (nSPS) is 18.3. The molecule has 0 radical (unpaired) electrons. The zero-order valence-corrected chi connectivity index (χ0v) is 14.8. The average molecular weight is 434 g/mol. The minimum Gasteiger partial charge on any atom is -0.458 e. The summed E-state index contributed by atoms with van der Waals surface area (Å²) in [6.07, 6.45) is -7.98. The first-order valence-electron chi connectivity index (χ1n) is 8.23. The van der Waals surface area contributed by atoms with Crippen LogP contribution in [0.4, 0.5) is 36.8 Å². The summed E-state index contributed by atoms with van der Waals surface area (Å²) in [4.78, 5) is 24.3. The Hall–Kier alpha value is -3.44. The fraction of sp³-hybridized carbons (Fsp3) is 0.222. The van der Waals surface area contributed by atoms with E-state index in [1.54, 1.807) is 0 Å². The van der Waals surface area contributed by atoms with Crippen LogP contribution in [0.3, 0.4) is 0 Å². The molecular weight excluding hydrogens is 422 g/mol. The fourth-order valence-electron chi connectivity index (χ4n) is 2.74. The quantitative estimate of drug-likeness (QED) is 0.560. The number of nitrogens with zero attached hydrogens (tertiary/aromatic N) is 1. The molecule has 1 aromatic rings. The van der Waals surface area contributed by atoms with Crippen LogP contribution in [0.25, 0.3) is 0 Å². The number of carbonyl (C=O) groups excluding carboxylic acids is 2. The number of amides is 3. The smallest absolute Gasteiger partial charge is 0.416 e. The lowest BCUT2D eigenvalue weighted by atomic mass is 9.93. The Morgan fingerprint density at radius 1 is 1.10 bits per heavy atom. The van der Waals surface area contributed by atoms with Crippen LogP contribution in [-0.2, 0) is 4.79 Å². The van der Waals surface area contributed by atoms with E-state index in [0.717, 1.165) is 0 Å². The Kier molecular flexibility index (Phi) is 5.51. The van der Waals surface area contributed by atoms with Crippen molar-refractivity contribution in [2.24, 2.45) is 5.92 Å². The van der Waals surface area contributed by atoms with E-state index in [1.807, 2.05) is 5.32 Å². The van der Waals surface area contributed by atoms with Crippen LogP contribution in [0, 0.1) is 5.92 Å². The third kappa shape index (κ3) is 4.58. The van der Waals surface area contributed by atoms with Gasteiger partial charge in [0.25, 0.3) is 0 Å². The van der Waals surface area contributed by atoms with Crippen LogP contribution in [-0.4, -0.2) is 24.8 Å².